The molecule has 170 valence electrons. The van der Waals surface area contributed by atoms with Crippen molar-refractivity contribution in [1.29, 1.82) is 0 Å². The van der Waals surface area contributed by atoms with Crippen LogP contribution < -0.4 is 4.74 Å². The summed E-state index contributed by atoms with van der Waals surface area (Å²) in [6.45, 7) is 11.6. The monoisotopic (exact) mass is 446 g/mol. The molecule has 7 heteroatoms. The largest absolute Gasteiger partial charge is 0.494 e. The quantitative estimate of drug-likeness (QED) is 0.416. The molecule has 0 aliphatic heterocycles. The SMILES string of the molecule is CCCOC(=O)[C@H]1[C@H](C(=O)OCC[Si](C)(C)C)[C@@H]2CC(=O)[C@H]1c1cc(OCC)ccc12. The van der Waals surface area contributed by atoms with Gasteiger partial charge in [-0.1, -0.05) is 32.6 Å². The Bertz CT molecular complexity index is 843. The minimum absolute atomic E-state index is 0.0178. The van der Waals surface area contributed by atoms with Crippen LogP contribution in [0.4, 0.5) is 0 Å². The fourth-order valence-electron chi connectivity index (χ4n) is 4.66. The molecule has 4 atom stereocenters. The molecular formula is C24H34O6Si. The van der Waals surface area contributed by atoms with Crippen LogP contribution in [0.25, 0.3) is 0 Å². The molecule has 6 nitrogen and oxygen atoms in total. The lowest BCUT2D eigenvalue weighted by Crippen LogP contribution is -2.50. The highest BCUT2D eigenvalue weighted by Crippen LogP contribution is 2.55. The van der Waals surface area contributed by atoms with E-state index >= 15 is 0 Å². The second-order valence-electron chi connectivity index (χ2n) is 9.68. The summed E-state index contributed by atoms with van der Waals surface area (Å²) >= 11 is 0. The molecule has 0 heterocycles. The van der Waals surface area contributed by atoms with Crippen molar-refractivity contribution in [2.45, 2.75) is 64.2 Å². The van der Waals surface area contributed by atoms with E-state index in [9.17, 15) is 14.4 Å². The Morgan fingerprint density at radius 1 is 1.00 bits per heavy atom. The Morgan fingerprint density at radius 2 is 1.68 bits per heavy atom. The van der Waals surface area contributed by atoms with E-state index in [2.05, 4.69) is 19.6 Å². The van der Waals surface area contributed by atoms with Crippen molar-refractivity contribution in [2.75, 3.05) is 19.8 Å². The van der Waals surface area contributed by atoms with Crippen LogP contribution in [0.3, 0.4) is 0 Å². The van der Waals surface area contributed by atoms with Crippen LogP contribution in [0.2, 0.25) is 25.7 Å². The van der Waals surface area contributed by atoms with Gasteiger partial charge in [0, 0.05) is 20.4 Å². The zero-order chi connectivity index (χ0) is 22.8. The highest BCUT2D eigenvalue weighted by molar-refractivity contribution is 6.76. The number of rotatable bonds is 9. The summed E-state index contributed by atoms with van der Waals surface area (Å²) in [4.78, 5) is 39.2. The fraction of sp³-hybridized carbons (Fsp3) is 0.625. The first kappa shape index (κ1) is 23.5. The third kappa shape index (κ3) is 5.02. The average molecular weight is 447 g/mol. The lowest BCUT2D eigenvalue weighted by atomic mass is 9.55. The van der Waals surface area contributed by atoms with Crippen molar-refractivity contribution in [1.82, 2.24) is 0 Å². The van der Waals surface area contributed by atoms with Crippen LogP contribution >= 0.6 is 0 Å². The van der Waals surface area contributed by atoms with E-state index in [-0.39, 0.29) is 24.7 Å². The Morgan fingerprint density at radius 3 is 2.32 bits per heavy atom. The van der Waals surface area contributed by atoms with Gasteiger partial charge in [0.2, 0.25) is 0 Å². The number of hydrogen-bond acceptors (Lipinski definition) is 6. The van der Waals surface area contributed by atoms with Crippen LogP contribution in [0.5, 0.6) is 5.75 Å². The zero-order valence-corrected chi connectivity index (χ0v) is 20.2. The van der Waals surface area contributed by atoms with Crippen molar-refractivity contribution >= 4 is 25.8 Å². The van der Waals surface area contributed by atoms with Gasteiger partial charge in [-0.3, -0.25) is 14.4 Å². The maximum absolute atomic E-state index is 13.2. The van der Waals surface area contributed by atoms with Gasteiger partial charge in [-0.2, -0.15) is 0 Å². The van der Waals surface area contributed by atoms with Gasteiger partial charge >= 0.3 is 11.9 Å². The maximum Gasteiger partial charge on any atom is 0.310 e. The standard InChI is InChI=1S/C24H34O6Si/c1-6-10-29-24(27)22-20-17-13-15(28-7-2)8-9-16(17)18(14-19(20)25)21(22)23(26)30-11-12-31(3,4)5/h8-9,13,18,20-22H,6-7,10-12,14H2,1-5H3/t18-,20-,21-,22-/m1/s1. The Kier molecular flexibility index (Phi) is 7.24. The lowest BCUT2D eigenvalue weighted by molar-refractivity contribution is -0.167. The number of Topliss-reactive ketones (excluding diaryl/α,β-unsaturated/α-hetero) is 1. The molecule has 1 fully saturated rings. The molecule has 3 aliphatic carbocycles. The molecule has 1 saturated carbocycles. The van der Waals surface area contributed by atoms with Crippen molar-refractivity contribution in [3.63, 3.8) is 0 Å². The van der Waals surface area contributed by atoms with Gasteiger partial charge in [-0.05, 0) is 42.6 Å². The maximum atomic E-state index is 13.2. The summed E-state index contributed by atoms with van der Waals surface area (Å²) in [5.41, 5.74) is 1.73. The van der Waals surface area contributed by atoms with Crippen LogP contribution in [0.15, 0.2) is 18.2 Å². The predicted octanol–water partition coefficient (Wildman–Crippen LogP) is 4.31. The van der Waals surface area contributed by atoms with Gasteiger partial charge in [0.1, 0.15) is 11.5 Å². The van der Waals surface area contributed by atoms with E-state index in [1.807, 2.05) is 32.0 Å². The molecule has 0 N–H and O–H groups in total. The first-order valence-corrected chi connectivity index (χ1v) is 15.0. The van der Waals surface area contributed by atoms with Crippen molar-refractivity contribution in [2.24, 2.45) is 11.8 Å². The number of hydrogen-bond donors (Lipinski definition) is 0. The number of ether oxygens (including phenoxy) is 3. The number of carbonyl (C=O) groups is 3. The van der Waals surface area contributed by atoms with E-state index in [0.717, 1.165) is 17.2 Å². The molecule has 0 radical (unpaired) electrons. The average Bonchev–Trinajstić information content (AvgIpc) is 2.70. The molecule has 2 bridgehead atoms. The summed E-state index contributed by atoms with van der Waals surface area (Å²) in [7, 11) is -1.37. The highest BCUT2D eigenvalue weighted by Gasteiger charge is 2.57. The fourth-order valence-corrected chi connectivity index (χ4v) is 5.38. The normalized spacial score (nSPS) is 24.5. The van der Waals surface area contributed by atoms with E-state index < -0.39 is 37.8 Å². The van der Waals surface area contributed by atoms with Crippen LogP contribution in [-0.2, 0) is 23.9 Å². The summed E-state index contributed by atoms with van der Waals surface area (Å²) < 4.78 is 16.7. The third-order valence-corrected chi connectivity index (χ3v) is 7.84. The first-order valence-electron chi connectivity index (χ1n) is 11.3. The number of fused-ring (bicyclic) bond motifs is 2. The molecule has 0 aromatic heterocycles. The number of ketones is 1. The smallest absolute Gasteiger partial charge is 0.310 e. The van der Waals surface area contributed by atoms with Gasteiger partial charge in [0.25, 0.3) is 0 Å². The van der Waals surface area contributed by atoms with Gasteiger partial charge in [0.05, 0.1) is 37.6 Å². The summed E-state index contributed by atoms with van der Waals surface area (Å²) in [5, 5.41) is 0. The Balaban J connectivity index is 1.96. The van der Waals surface area contributed by atoms with Gasteiger partial charge in [0.15, 0.2) is 0 Å². The molecule has 0 unspecified atom stereocenters. The predicted molar refractivity (Wildman–Crippen MR) is 120 cm³/mol. The van der Waals surface area contributed by atoms with Crippen molar-refractivity contribution in [3.05, 3.63) is 29.3 Å². The topological polar surface area (TPSA) is 78.9 Å². The Labute approximate surface area is 185 Å². The minimum atomic E-state index is -1.37. The van der Waals surface area contributed by atoms with Crippen molar-refractivity contribution < 1.29 is 28.6 Å². The third-order valence-electron chi connectivity index (χ3n) is 6.14. The summed E-state index contributed by atoms with van der Waals surface area (Å²) in [5.74, 6) is -2.84. The Hall–Kier alpha value is -2.15. The van der Waals surface area contributed by atoms with E-state index in [1.54, 1.807) is 0 Å². The summed E-state index contributed by atoms with van der Waals surface area (Å²) in [6, 6.07) is 6.50. The van der Waals surface area contributed by atoms with E-state index in [1.165, 1.54) is 0 Å². The molecule has 0 spiro atoms. The molecule has 4 rings (SSSR count). The van der Waals surface area contributed by atoms with Gasteiger partial charge < -0.3 is 14.2 Å². The van der Waals surface area contributed by atoms with E-state index in [0.29, 0.717) is 25.4 Å². The second kappa shape index (κ2) is 9.55. The number of carbonyl (C=O) groups excluding carboxylic acids is 3. The molecule has 0 saturated heterocycles. The molecule has 1 aromatic carbocycles. The summed E-state index contributed by atoms with van der Waals surface area (Å²) in [6.07, 6.45) is 0.924. The highest BCUT2D eigenvalue weighted by atomic mass is 28.3. The molecule has 3 aliphatic rings. The van der Waals surface area contributed by atoms with Gasteiger partial charge in [-0.15, -0.1) is 0 Å². The van der Waals surface area contributed by atoms with Crippen LogP contribution in [-0.4, -0.2) is 45.6 Å². The first-order chi connectivity index (χ1) is 14.7. The number of esters is 2. The van der Waals surface area contributed by atoms with Gasteiger partial charge in [-0.25, -0.2) is 0 Å². The molecular weight excluding hydrogens is 412 g/mol. The molecule has 0 amide bonds. The zero-order valence-electron chi connectivity index (χ0n) is 19.2. The minimum Gasteiger partial charge on any atom is -0.494 e. The van der Waals surface area contributed by atoms with Crippen LogP contribution in [0.1, 0.15) is 49.7 Å². The van der Waals surface area contributed by atoms with Crippen LogP contribution in [0, 0.1) is 11.8 Å². The lowest BCUT2D eigenvalue weighted by Gasteiger charge is -2.46. The molecule has 31 heavy (non-hydrogen) atoms. The molecule has 1 aromatic rings. The second-order valence-corrected chi connectivity index (χ2v) is 15.3. The van der Waals surface area contributed by atoms with Crippen molar-refractivity contribution in [3.8, 4) is 5.75 Å². The van der Waals surface area contributed by atoms with E-state index in [4.69, 9.17) is 14.2 Å². The number of benzene rings is 1.